The normalized spacial score (nSPS) is 26.5. The minimum absolute atomic E-state index is 0.0829. The molecule has 0 saturated carbocycles. The van der Waals surface area contributed by atoms with E-state index in [2.05, 4.69) is 10.1 Å². The fourth-order valence-corrected chi connectivity index (χ4v) is 3.10. The lowest BCUT2D eigenvalue weighted by molar-refractivity contribution is -0.131. The molecule has 1 unspecified atom stereocenters. The molecule has 1 atom stereocenters. The van der Waals surface area contributed by atoms with Crippen molar-refractivity contribution in [1.82, 2.24) is 15.0 Å². The summed E-state index contributed by atoms with van der Waals surface area (Å²) in [4.78, 5) is 18.3. The third-order valence-electron chi connectivity index (χ3n) is 4.28. The third kappa shape index (κ3) is 3.24. The van der Waals surface area contributed by atoms with Crippen LogP contribution in [0.15, 0.2) is 4.52 Å². The van der Waals surface area contributed by atoms with Gasteiger partial charge >= 0.3 is 0 Å². The molecule has 116 valence electrons. The third-order valence-corrected chi connectivity index (χ3v) is 4.28. The van der Waals surface area contributed by atoms with E-state index in [0.717, 1.165) is 32.3 Å². The van der Waals surface area contributed by atoms with Crippen molar-refractivity contribution in [2.75, 3.05) is 20.3 Å². The van der Waals surface area contributed by atoms with Gasteiger partial charge in [-0.25, -0.2) is 0 Å². The van der Waals surface area contributed by atoms with Crippen LogP contribution in [-0.4, -0.2) is 46.8 Å². The predicted octanol–water partition coefficient (Wildman–Crippen LogP) is 1.28. The van der Waals surface area contributed by atoms with E-state index >= 15 is 0 Å². The molecule has 2 saturated heterocycles. The summed E-state index contributed by atoms with van der Waals surface area (Å²) < 4.78 is 16.0. The van der Waals surface area contributed by atoms with Gasteiger partial charge in [0.15, 0.2) is 5.82 Å². The number of methoxy groups -OCH3 is 1. The molecule has 1 amide bonds. The van der Waals surface area contributed by atoms with Crippen molar-refractivity contribution < 1.29 is 18.8 Å². The monoisotopic (exact) mass is 295 g/mol. The maximum absolute atomic E-state index is 12.2. The standard InChI is InChI=1S/C14H21N3O4/c1-19-10-11-15-12(21-16-11)9-17-7-6-14(4-2-8-20-14)5-3-13(17)18/h2-10H2,1H3. The van der Waals surface area contributed by atoms with Crippen molar-refractivity contribution in [3.63, 3.8) is 0 Å². The number of likely N-dealkylation sites (tertiary alicyclic amines) is 1. The van der Waals surface area contributed by atoms with Gasteiger partial charge in [0.2, 0.25) is 11.8 Å². The maximum Gasteiger partial charge on any atom is 0.246 e. The molecule has 2 aliphatic heterocycles. The molecule has 3 rings (SSSR count). The first kappa shape index (κ1) is 14.5. The van der Waals surface area contributed by atoms with Gasteiger partial charge in [-0.2, -0.15) is 4.98 Å². The summed E-state index contributed by atoms with van der Waals surface area (Å²) in [6.45, 7) is 2.18. The van der Waals surface area contributed by atoms with Crippen LogP contribution in [0.1, 0.15) is 43.8 Å². The van der Waals surface area contributed by atoms with E-state index < -0.39 is 0 Å². The highest BCUT2D eigenvalue weighted by molar-refractivity contribution is 5.76. The van der Waals surface area contributed by atoms with Gasteiger partial charge in [0.25, 0.3) is 0 Å². The number of carbonyl (C=O) groups excluding carboxylic acids is 1. The molecule has 7 nitrogen and oxygen atoms in total. The number of hydrogen-bond acceptors (Lipinski definition) is 6. The van der Waals surface area contributed by atoms with Crippen LogP contribution in [0.5, 0.6) is 0 Å². The Morgan fingerprint density at radius 1 is 1.38 bits per heavy atom. The largest absolute Gasteiger partial charge is 0.377 e. The zero-order valence-electron chi connectivity index (χ0n) is 12.3. The second-order valence-electron chi connectivity index (χ2n) is 5.74. The van der Waals surface area contributed by atoms with Crippen LogP contribution in [0.25, 0.3) is 0 Å². The zero-order valence-corrected chi connectivity index (χ0v) is 12.3. The minimum atomic E-state index is -0.0829. The van der Waals surface area contributed by atoms with E-state index in [4.69, 9.17) is 14.0 Å². The van der Waals surface area contributed by atoms with Gasteiger partial charge in [0.1, 0.15) is 6.61 Å². The van der Waals surface area contributed by atoms with Gasteiger partial charge in [-0.05, 0) is 25.7 Å². The van der Waals surface area contributed by atoms with E-state index in [1.807, 2.05) is 0 Å². The molecule has 0 radical (unpaired) electrons. The average molecular weight is 295 g/mol. The number of amides is 1. The van der Waals surface area contributed by atoms with E-state index in [9.17, 15) is 4.79 Å². The van der Waals surface area contributed by atoms with E-state index in [-0.39, 0.29) is 11.5 Å². The van der Waals surface area contributed by atoms with Crippen LogP contribution in [-0.2, 0) is 27.4 Å². The van der Waals surface area contributed by atoms with Crippen LogP contribution >= 0.6 is 0 Å². The van der Waals surface area contributed by atoms with Crippen molar-refractivity contribution in [1.29, 1.82) is 0 Å². The fourth-order valence-electron chi connectivity index (χ4n) is 3.10. The van der Waals surface area contributed by atoms with E-state index in [1.165, 1.54) is 0 Å². The zero-order chi connectivity index (χ0) is 14.7. The molecule has 2 aliphatic rings. The molecular weight excluding hydrogens is 274 g/mol. The van der Waals surface area contributed by atoms with Crippen LogP contribution in [0, 0.1) is 0 Å². The van der Waals surface area contributed by atoms with Gasteiger partial charge < -0.3 is 18.9 Å². The summed E-state index contributed by atoms with van der Waals surface area (Å²) in [5.41, 5.74) is -0.0829. The number of carbonyl (C=O) groups is 1. The number of nitrogens with zero attached hydrogens (tertiary/aromatic N) is 3. The Hall–Kier alpha value is -1.47. The highest BCUT2D eigenvalue weighted by Gasteiger charge is 2.38. The molecule has 1 aromatic rings. The molecule has 0 bridgehead atoms. The second kappa shape index (κ2) is 6.11. The average Bonchev–Trinajstić information content (AvgIpc) is 3.08. The topological polar surface area (TPSA) is 77.7 Å². The molecule has 1 aromatic heterocycles. The molecule has 0 aromatic carbocycles. The van der Waals surface area contributed by atoms with Gasteiger partial charge in [0, 0.05) is 26.7 Å². The molecule has 0 aliphatic carbocycles. The highest BCUT2D eigenvalue weighted by atomic mass is 16.5. The molecule has 21 heavy (non-hydrogen) atoms. The Morgan fingerprint density at radius 2 is 2.29 bits per heavy atom. The molecule has 2 fully saturated rings. The summed E-state index contributed by atoms with van der Waals surface area (Å²) in [6.07, 6.45) is 4.39. The molecule has 3 heterocycles. The van der Waals surface area contributed by atoms with Gasteiger partial charge in [-0.3, -0.25) is 4.79 Å². The van der Waals surface area contributed by atoms with Gasteiger partial charge in [-0.1, -0.05) is 5.16 Å². The van der Waals surface area contributed by atoms with Crippen molar-refractivity contribution in [2.45, 2.75) is 50.9 Å². The number of rotatable bonds is 4. The molecule has 0 N–H and O–H groups in total. The first-order chi connectivity index (χ1) is 10.2. The first-order valence-corrected chi connectivity index (χ1v) is 7.43. The van der Waals surface area contributed by atoms with Gasteiger partial charge in [-0.15, -0.1) is 0 Å². The van der Waals surface area contributed by atoms with Crippen LogP contribution in [0.3, 0.4) is 0 Å². The van der Waals surface area contributed by atoms with E-state index in [0.29, 0.717) is 37.8 Å². The van der Waals surface area contributed by atoms with Crippen molar-refractivity contribution in [3.8, 4) is 0 Å². The van der Waals surface area contributed by atoms with Crippen molar-refractivity contribution >= 4 is 5.91 Å². The number of hydrogen-bond donors (Lipinski definition) is 0. The second-order valence-corrected chi connectivity index (χ2v) is 5.74. The minimum Gasteiger partial charge on any atom is -0.377 e. The lowest BCUT2D eigenvalue weighted by Crippen LogP contribution is -2.32. The van der Waals surface area contributed by atoms with Crippen LogP contribution < -0.4 is 0 Å². The number of aromatic nitrogens is 2. The Bertz CT molecular complexity index is 496. The Labute approximate surface area is 123 Å². The smallest absolute Gasteiger partial charge is 0.246 e. The summed E-state index contributed by atoms with van der Waals surface area (Å²) >= 11 is 0. The van der Waals surface area contributed by atoms with E-state index in [1.54, 1.807) is 12.0 Å². The highest BCUT2D eigenvalue weighted by Crippen LogP contribution is 2.36. The summed E-state index contributed by atoms with van der Waals surface area (Å²) in [7, 11) is 1.58. The molecule has 1 spiro atoms. The summed E-state index contributed by atoms with van der Waals surface area (Å²) in [5, 5.41) is 3.82. The molecular formula is C14H21N3O4. The summed E-state index contributed by atoms with van der Waals surface area (Å²) in [6, 6.07) is 0. The Balaban J connectivity index is 1.62. The lowest BCUT2D eigenvalue weighted by Gasteiger charge is -2.26. The van der Waals surface area contributed by atoms with Crippen molar-refractivity contribution in [3.05, 3.63) is 11.7 Å². The fraction of sp³-hybridized carbons (Fsp3) is 0.786. The predicted molar refractivity (Wildman–Crippen MR) is 72.2 cm³/mol. The van der Waals surface area contributed by atoms with Crippen molar-refractivity contribution in [2.24, 2.45) is 0 Å². The summed E-state index contributed by atoms with van der Waals surface area (Å²) in [5.74, 6) is 1.10. The Morgan fingerprint density at radius 3 is 3.05 bits per heavy atom. The maximum atomic E-state index is 12.2. The molecule has 7 heteroatoms. The Kier molecular flexibility index (Phi) is 4.21. The van der Waals surface area contributed by atoms with Gasteiger partial charge in [0.05, 0.1) is 12.1 Å². The quantitative estimate of drug-likeness (QED) is 0.832. The van der Waals surface area contributed by atoms with Crippen LogP contribution in [0.2, 0.25) is 0 Å². The SMILES string of the molecule is COCc1noc(CN2CCC3(CCCO3)CCC2=O)n1. The first-order valence-electron chi connectivity index (χ1n) is 7.43. The van der Waals surface area contributed by atoms with Crippen LogP contribution in [0.4, 0.5) is 0 Å². The number of ether oxygens (including phenoxy) is 2. The lowest BCUT2D eigenvalue weighted by atomic mass is 9.92.